The molecule has 0 amide bonds. The number of likely N-dealkylation sites (N-methyl/N-ethyl adjacent to an activating group) is 1. The summed E-state index contributed by atoms with van der Waals surface area (Å²) in [6, 6.07) is 6.69. The monoisotopic (exact) mass is 295 g/mol. The number of piperazine rings is 1. The molecular weight excluding hydrogens is 269 g/mol. The van der Waals surface area contributed by atoms with Crippen molar-refractivity contribution in [3.63, 3.8) is 0 Å². The van der Waals surface area contributed by atoms with Crippen LogP contribution in [0.2, 0.25) is 0 Å². The molecule has 1 unspecified atom stereocenters. The highest BCUT2D eigenvalue weighted by molar-refractivity contribution is 5.46. The minimum atomic E-state index is -0.243. The predicted molar refractivity (Wildman–Crippen MR) is 84.2 cm³/mol. The lowest BCUT2D eigenvalue weighted by atomic mass is 10.0. The molecule has 1 fully saturated rings. The van der Waals surface area contributed by atoms with Crippen LogP contribution in [0.1, 0.15) is 13.8 Å². The summed E-state index contributed by atoms with van der Waals surface area (Å²) in [4.78, 5) is 4.65. The molecule has 5 heteroatoms. The van der Waals surface area contributed by atoms with E-state index in [1.807, 2.05) is 12.1 Å². The first-order valence-corrected chi connectivity index (χ1v) is 7.65. The molecule has 2 N–H and O–H groups in total. The van der Waals surface area contributed by atoms with Crippen LogP contribution < -0.4 is 10.2 Å². The minimum absolute atomic E-state index is 0.138. The molecule has 1 aliphatic heterocycles. The summed E-state index contributed by atoms with van der Waals surface area (Å²) in [5.74, 6) is -0.193. The normalized spacial score (nSPS) is 19.5. The van der Waals surface area contributed by atoms with Gasteiger partial charge in [0.05, 0.1) is 12.1 Å². The number of anilines is 1. The highest BCUT2D eigenvalue weighted by Gasteiger charge is 2.27. The number of nitrogens with zero attached hydrogens (tertiary/aromatic N) is 2. The van der Waals surface area contributed by atoms with Crippen LogP contribution in [-0.2, 0) is 0 Å². The molecule has 4 nitrogen and oxygen atoms in total. The fourth-order valence-corrected chi connectivity index (χ4v) is 2.90. The fourth-order valence-electron chi connectivity index (χ4n) is 2.90. The molecule has 1 aliphatic rings. The van der Waals surface area contributed by atoms with E-state index >= 15 is 0 Å². The van der Waals surface area contributed by atoms with Gasteiger partial charge in [0.15, 0.2) is 0 Å². The molecule has 118 valence electrons. The molecule has 1 saturated heterocycles. The lowest BCUT2D eigenvalue weighted by molar-refractivity contribution is 0.118. The zero-order valence-corrected chi connectivity index (χ0v) is 13.0. The number of benzene rings is 1. The summed E-state index contributed by atoms with van der Waals surface area (Å²) in [5.41, 5.74) is 0.833. The maximum Gasteiger partial charge on any atom is 0.123 e. The van der Waals surface area contributed by atoms with Gasteiger partial charge in [-0.15, -0.1) is 0 Å². The van der Waals surface area contributed by atoms with E-state index in [1.54, 1.807) is 0 Å². The van der Waals surface area contributed by atoms with E-state index in [0.29, 0.717) is 0 Å². The van der Waals surface area contributed by atoms with E-state index < -0.39 is 0 Å². The molecule has 1 aromatic carbocycles. The van der Waals surface area contributed by atoms with Crippen LogP contribution in [0.4, 0.5) is 10.1 Å². The molecule has 0 bridgehead atoms. The van der Waals surface area contributed by atoms with E-state index in [1.165, 1.54) is 12.1 Å². The highest BCUT2D eigenvalue weighted by atomic mass is 19.1. The Morgan fingerprint density at radius 2 is 1.81 bits per heavy atom. The summed E-state index contributed by atoms with van der Waals surface area (Å²) in [5, 5.41) is 12.9. The van der Waals surface area contributed by atoms with Crippen molar-refractivity contribution in [2.24, 2.45) is 0 Å². The lowest BCUT2D eigenvalue weighted by Gasteiger charge is -2.40. The van der Waals surface area contributed by atoms with Crippen molar-refractivity contribution in [1.29, 1.82) is 0 Å². The molecule has 1 atom stereocenters. The number of aliphatic hydroxyl groups is 1. The zero-order valence-electron chi connectivity index (χ0n) is 13.0. The van der Waals surface area contributed by atoms with Crippen LogP contribution in [0.5, 0.6) is 0 Å². The first kappa shape index (κ1) is 16.2. The molecular formula is C16H26FN3O. The van der Waals surface area contributed by atoms with Gasteiger partial charge < -0.3 is 15.3 Å². The first-order chi connectivity index (χ1) is 10.1. The Hall–Kier alpha value is -1.17. The largest absolute Gasteiger partial charge is 0.394 e. The third-order valence-electron chi connectivity index (χ3n) is 4.09. The topological polar surface area (TPSA) is 38.7 Å². The summed E-state index contributed by atoms with van der Waals surface area (Å²) >= 11 is 0. The quantitative estimate of drug-likeness (QED) is 0.830. The van der Waals surface area contributed by atoms with Gasteiger partial charge >= 0.3 is 0 Å². The van der Waals surface area contributed by atoms with Crippen LogP contribution >= 0.6 is 0 Å². The molecule has 1 aromatic rings. The minimum Gasteiger partial charge on any atom is -0.394 e. The van der Waals surface area contributed by atoms with Gasteiger partial charge in [-0.05, 0) is 37.7 Å². The smallest absolute Gasteiger partial charge is 0.123 e. The Bertz CT molecular complexity index is 432. The number of nitrogens with one attached hydrogen (secondary N) is 1. The maximum atomic E-state index is 13.0. The highest BCUT2D eigenvalue weighted by Crippen LogP contribution is 2.18. The number of halogens is 1. The summed E-state index contributed by atoms with van der Waals surface area (Å²) < 4.78 is 13.0. The Labute approximate surface area is 126 Å². The van der Waals surface area contributed by atoms with Crippen LogP contribution in [0.3, 0.4) is 0 Å². The van der Waals surface area contributed by atoms with Crippen molar-refractivity contribution < 1.29 is 9.50 Å². The standard InChI is InChI=1S/C16H26FN3O/c1-3-18-16(2,13-21)12-19-8-10-20(11-9-19)15-6-4-14(17)5-7-15/h4-7,18,21H,3,8-13H2,1-2H3. The molecule has 0 aromatic heterocycles. The van der Waals surface area contributed by atoms with Crippen molar-refractivity contribution in [2.75, 3.05) is 50.8 Å². The Kier molecular flexibility index (Phi) is 5.56. The summed E-state index contributed by atoms with van der Waals surface area (Å²) in [7, 11) is 0. The van der Waals surface area contributed by atoms with Gasteiger partial charge in [0.25, 0.3) is 0 Å². The molecule has 0 radical (unpaired) electrons. The Balaban J connectivity index is 1.87. The molecule has 21 heavy (non-hydrogen) atoms. The van der Waals surface area contributed by atoms with Gasteiger partial charge in [-0.25, -0.2) is 4.39 Å². The van der Waals surface area contributed by atoms with Gasteiger partial charge in [-0.3, -0.25) is 4.90 Å². The predicted octanol–water partition coefficient (Wildman–Crippen LogP) is 1.31. The molecule has 1 heterocycles. The average molecular weight is 295 g/mol. The molecule has 0 spiro atoms. The first-order valence-electron chi connectivity index (χ1n) is 7.65. The van der Waals surface area contributed by atoms with E-state index in [0.717, 1.165) is 45.0 Å². The second-order valence-electron chi connectivity index (χ2n) is 5.99. The summed E-state index contributed by atoms with van der Waals surface area (Å²) in [6.07, 6.45) is 0. The van der Waals surface area contributed by atoms with E-state index in [4.69, 9.17) is 0 Å². The Morgan fingerprint density at radius 3 is 2.33 bits per heavy atom. The third kappa shape index (κ3) is 4.40. The SMILES string of the molecule is CCNC(C)(CO)CN1CCN(c2ccc(F)cc2)CC1. The average Bonchev–Trinajstić information content (AvgIpc) is 2.49. The number of rotatable bonds is 6. The van der Waals surface area contributed by atoms with Gasteiger partial charge in [-0.2, -0.15) is 0 Å². The van der Waals surface area contributed by atoms with E-state index in [9.17, 15) is 9.50 Å². The van der Waals surface area contributed by atoms with Crippen molar-refractivity contribution in [1.82, 2.24) is 10.2 Å². The van der Waals surface area contributed by atoms with Gasteiger partial charge in [0, 0.05) is 38.4 Å². The third-order valence-corrected chi connectivity index (χ3v) is 4.09. The van der Waals surface area contributed by atoms with Crippen LogP contribution in [0.15, 0.2) is 24.3 Å². The maximum absolute atomic E-state index is 13.0. The van der Waals surface area contributed by atoms with E-state index in [2.05, 4.69) is 29.0 Å². The second kappa shape index (κ2) is 7.20. The zero-order chi connectivity index (χ0) is 15.3. The summed E-state index contributed by atoms with van der Waals surface area (Å²) in [6.45, 7) is 9.72. The van der Waals surface area contributed by atoms with Crippen molar-refractivity contribution in [3.05, 3.63) is 30.1 Å². The van der Waals surface area contributed by atoms with Crippen molar-refractivity contribution in [2.45, 2.75) is 19.4 Å². The van der Waals surface area contributed by atoms with Crippen LogP contribution in [0, 0.1) is 5.82 Å². The lowest BCUT2D eigenvalue weighted by Crippen LogP contribution is -2.57. The molecule has 0 saturated carbocycles. The molecule has 0 aliphatic carbocycles. The Morgan fingerprint density at radius 1 is 1.19 bits per heavy atom. The number of hydrogen-bond donors (Lipinski definition) is 2. The van der Waals surface area contributed by atoms with Gasteiger partial charge in [0.2, 0.25) is 0 Å². The molecule has 2 rings (SSSR count). The second-order valence-corrected chi connectivity index (χ2v) is 5.99. The van der Waals surface area contributed by atoms with Crippen molar-refractivity contribution >= 4 is 5.69 Å². The van der Waals surface area contributed by atoms with E-state index in [-0.39, 0.29) is 18.0 Å². The van der Waals surface area contributed by atoms with Gasteiger partial charge in [-0.1, -0.05) is 6.92 Å². The number of hydrogen-bond acceptors (Lipinski definition) is 4. The van der Waals surface area contributed by atoms with Crippen LogP contribution in [0.25, 0.3) is 0 Å². The fraction of sp³-hybridized carbons (Fsp3) is 0.625. The van der Waals surface area contributed by atoms with Gasteiger partial charge in [0.1, 0.15) is 5.82 Å². The van der Waals surface area contributed by atoms with Crippen LogP contribution in [-0.4, -0.2) is 61.4 Å². The van der Waals surface area contributed by atoms with Crippen molar-refractivity contribution in [3.8, 4) is 0 Å². The number of aliphatic hydroxyl groups excluding tert-OH is 1.